The van der Waals surface area contributed by atoms with Crippen molar-refractivity contribution in [2.75, 3.05) is 0 Å². The molecule has 0 aliphatic rings. The maximum absolute atomic E-state index is 4.92. The van der Waals surface area contributed by atoms with Crippen molar-refractivity contribution in [2.45, 2.75) is 0 Å². The molecule has 20 rings (SSSR count). The van der Waals surface area contributed by atoms with Crippen molar-refractivity contribution >= 4 is 109 Å². The largest absolute Gasteiger partial charge is 0.309 e. The third-order valence-electron chi connectivity index (χ3n) is 19.4. The van der Waals surface area contributed by atoms with Crippen molar-refractivity contribution < 1.29 is 0 Å². The van der Waals surface area contributed by atoms with Crippen LogP contribution in [-0.2, 0) is 0 Å². The highest BCUT2D eigenvalue weighted by molar-refractivity contribution is 6.20. The summed E-state index contributed by atoms with van der Waals surface area (Å²) in [4.78, 5) is 14.1. The van der Waals surface area contributed by atoms with Gasteiger partial charge in [-0.3, -0.25) is 15.0 Å². The topological polar surface area (TPSA) is 58.4 Å². The third kappa shape index (κ3) is 8.93. The zero-order valence-electron chi connectivity index (χ0n) is 52.0. The quantitative estimate of drug-likeness (QED) is 0.152. The van der Waals surface area contributed by atoms with Crippen LogP contribution in [0.4, 0.5) is 0 Å². The summed E-state index contributed by atoms with van der Waals surface area (Å²) in [6.45, 7) is 0. The summed E-state index contributed by atoms with van der Waals surface area (Å²) < 4.78 is 9.52. The molecule has 0 saturated carbocycles. The summed E-state index contributed by atoms with van der Waals surface area (Å²) in [5.74, 6) is 0. The summed E-state index contributed by atoms with van der Waals surface area (Å²) in [6, 6.07) is 116. The maximum atomic E-state index is 4.92. The van der Waals surface area contributed by atoms with Crippen molar-refractivity contribution in [1.29, 1.82) is 0 Å². The molecule has 448 valence electrons. The minimum Gasteiger partial charge on any atom is -0.309 e. The second-order valence-corrected chi connectivity index (χ2v) is 24.8. The van der Waals surface area contributed by atoms with Gasteiger partial charge in [0, 0.05) is 95.2 Å². The molecule has 96 heavy (non-hydrogen) atoms. The molecular weight excluding hydrogens is 1170 g/mol. The molecule has 0 aliphatic carbocycles. The Hall–Kier alpha value is -13.0. The molecule has 0 amide bonds. The first-order valence-electron chi connectivity index (χ1n) is 32.6. The number of hydrogen-bond donors (Lipinski definition) is 0. The van der Waals surface area contributed by atoms with Gasteiger partial charge in [0.2, 0.25) is 0 Å². The Morgan fingerprint density at radius 2 is 0.531 bits per heavy atom. The normalized spacial score (nSPS) is 11.8. The fourth-order valence-corrected chi connectivity index (χ4v) is 15.0. The highest BCUT2D eigenvalue weighted by atomic mass is 15.0. The molecule has 0 fully saturated rings. The van der Waals surface area contributed by atoms with E-state index >= 15 is 0 Å². The predicted molar refractivity (Wildman–Crippen MR) is 400 cm³/mol. The molecule has 20 aromatic rings. The molecular formula is C89H57N7. The van der Waals surface area contributed by atoms with E-state index in [1.54, 1.807) is 0 Å². The van der Waals surface area contributed by atoms with Gasteiger partial charge >= 0.3 is 0 Å². The van der Waals surface area contributed by atoms with Gasteiger partial charge in [-0.15, -0.1) is 0 Å². The van der Waals surface area contributed by atoms with Crippen molar-refractivity contribution in [3.8, 4) is 67.3 Å². The summed E-state index contributed by atoms with van der Waals surface area (Å²) in [5, 5.41) is 11.9. The fraction of sp³-hybridized carbons (Fsp3) is 0. The van der Waals surface area contributed by atoms with Crippen molar-refractivity contribution in [2.24, 2.45) is 0 Å². The van der Waals surface area contributed by atoms with E-state index < -0.39 is 0 Å². The standard InChI is InChI=1S/C45H29N3.C44H28N4/c1-3-12-30(13-4-1)31-14-11-17-35(26-31)48-44-25-23-33(28-39(44)40-29-46-41-20-9-7-19-37(41)45(40)48)32-22-24-43-38(27-32)36-18-8-10-21-42(36)47(43)34-15-5-2-6-16-34;1-3-9-29(10-4-1)30-15-19-34(20-16-30)48-43-22-18-32(26-38(43)39-27-46-40-28-45-24-23-36(40)44(39)48)31-17-21-42-37(25-31)35-13-7-8-14-41(35)47(42)33-11-5-2-6-12-33/h1-29H;1-28H. The van der Waals surface area contributed by atoms with Crippen molar-refractivity contribution in [3.63, 3.8) is 0 Å². The number of rotatable bonds is 8. The van der Waals surface area contributed by atoms with Gasteiger partial charge in [-0.25, -0.2) is 0 Å². The summed E-state index contributed by atoms with van der Waals surface area (Å²) in [7, 11) is 0. The van der Waals surface area contributed by atoms with Crippen LogP contribution in [0.25, 0.3) is 176 Å². The number of fused-ring (bicyclic) bond motifs is 16. The van der Waals surface area contributed by atoms with E-state index in [4.69, 9.17) is 9.97 Å². The molecule has 0 spiro atoms. The molecule has 0 saturated heterocycles. The average Bonchev–Trinajstić information content (AvgIpc) is 1.58. The molecule has 0 atom stereocenters. The zero-order valence-corrected chi connectivity index (χ0v) is 52.0. The van der Waals surface area contributed by atoms with Crippen LogP contribution in [0.2, 0.25) is 0 Å². The first kappa shape index (κ1) is 54.7. The highest BCUT2D eigenvalue weighted by Crippen LogP contribution is 2.43. The van der Waals surface area contributed by atoms with Crippen LogP contribution in [0, 0.1) is 0 Å². The Bertz CT molecular complexity index is 6420. The Morgan fingerprint density at radius 1 is 0.188 bits per heavy atom. The Labute approximate surface area is 552 Å². The van der Waals surface area contributed by atoms with Gasteiger partial charge in [0.25, 0.3) is 0 Å². The lowest BCUT2D eigenvalue weighted by Crippen LogP contribution is -1.95. The molecule has 7 heterocycles. The van der Waals surface area contributed by atoms with Gasteiger partial charge in [0.15, 0.2) is 0 Å². The van der Waals surface area contributed by atoms with E-state index in [9.17, 15) is 0 Å². The summed E-state index contributed by atoms with van der Waals surface area (Å²) in [6.07, 6.45) is 7.77. The maximum Gasteiger partial charge on any atom is 0.0906 e. The van der Waals surface area contributed by atoms with E-state index in [1.807, 2.05) is 18.6 Å². The molecule has 0 radical (unpaired) electrons. The molecule has 0 aliphatic heterocycles. The molecule has 7 aromatic heterocycles. The lowest BCUT2D eigenvalue weighted by Gasteiger charge is -2.12. The molecule has 0 bridgehead atoms. The lowest BCUT2D eigenvalue weighted by atomic mass is 10.0. The molecule has 13 aromatic carbocycles. The van der Waals surface area contributed by atoms with Gasteiger partial charge in [-0.2, -0.15) is 0 Å². The van der Waals surface area contributed by atoms with E-state index in [0.29, 0.717) is 0 Å². The molecule has 7 heteroatoms. The Balaban J connectivity index is 0.000000135. The predicted octanol–water partition coefficient (Wildman–Crippen LogP) is 22.9. The van der Waals surface area contributed by atoms with Gasteiger partial charge in [-0.1, -0.05) is 200 Å². The molecule has 0 N–H and O–H groups in total. The van der Waals surface area contributed by atoms with Crippen LogP contribution in [0.3, 0.4) is 0 Å². The van der Waals surface area contributed by atoms with Crippen molar-refractivity contribution in [3.05, 3.63) is 346 Å². The van der Waals surface area contributed by atoms with E-state index in [2.05, 4.69) is 351 Å². The van der Waals surface area contributed by atoms with Gasteiger partial charge in [0.1, 0.15) is 0 Å². The Kier molecular flexibility index (Phi) is 12.8. The smallest absolute Gasteiger partial charge is 0.0906 e. The number of pyridine rings is 3. The SMILES string of the molecule is c1ccc(-c2ccc(-n3c4ccc(-c5ccc6c(c5)c5ccccc5n6-c5ccccc5)cc4c4cnc5cnccc5c43)cc2)cc1.c1ccc(-c2cccc(-n3c4ccc(-c5ccc6c(c5)c5ccccc5n6-c5ccccc5)cc4c4cnc5ccccc5c43)c2)cc1. The average molecular weight is 1220 g/mol. The summed E-state index contributed by atoms with van der Waals surface area (Å²) >= 11 is 0. The monoisotopic (exact) mass is 1220 g/mol. The number of nitrogens with zero attached hydrogens (tertiary/aromatic N) is 7. The Morgan fingerprint density at radius 3 is 1.06 bits per heavy atom. The lowest BCUT2D eigenvalue weighted by molar-refractivity contribution is 1.18. The van der Waals surface area contributed by atoms with Crippen molar-refractivity contribution in [1.82, 2.24) is 33.2 Å². The van der Waals surface area contributed by atoms with Gasteiger partial charge in [0.05, 0.1) is 61.4 Å². The fourth-order valence-electron chi connectivity index (χ4n) is 15.0. The van der Waals surface area contributed by atoms with Gasteiger partial charge < -0.3 is 18.3 Å². The van der Waals surface area contributed by atoms with E-state index in [1.165, 1.54) is 116 Å². The summed E-state index contributed by atoms with van der Waals surface area (Å²) in [5.41, 5.74) is 25.5. The first-order valence-corrected chi connectivity index (χ1v) is 32.6. The first-order chi connectivity index (χ1) is 47.6. The molecule has 7 nitrogen and oxygen atoms in total. The number of hydrogen-bond acceptors (Lipinski definition) is 3. The number of para-hydroxylation sites is 5. The zero-order chi connectivity index (χ0) is 63.2. The second-order valence-electron chi connectivity index (χ2n) is 24.8. The van der Waals surface area contributed by atoms with E-state index in [0.717, 1.165) is 60.7 Å². The second kappa shape index (κ2) is 22.4. The number of benzene rings is 13. The van der Waals surface area contributed by atoms with Crippen LogP contribution < -0.4 is 0 Å². The molecule has 0 unspecified atom stereocenters. The van der Waals surface area contributed by atoms with Crippen LogP contribution in [0.15, 0.2) is 346 Å². The van der Waals surface area contributed by atoms with Crippen LogP contribution in [-0.4, -0.2) is 33.2 Å². The number of aromatic nitrogens is 7. The van der Waals surface area contributed by atoms with Crippen LogP contribution >= 0.6 is 0 Å². The van der Waals surface area contributed by atoms with Crippen LogP contribution in [0.5, 0.6) is 0 Å². The van der Waals surface area contributed by atoms with Gasteiger partial charge in [-0.05, 0) is 166 Å². The minimum absolute atomic E-state index is 0.885. The highest BCUT2D eigenvalue weighted by Gasteiger charge is 2.22. The van der Waals surface area contributed by atoms with E-state index in [-0.39, 0.29) is 0 Å². The minimum atomic E-state index is 0.885. The third-order valence-corrected chi connectivity index (χ3v) is 19.4. The van der Waals surface area contributed by atoms with Crippen LogP contribution in [0.1, 0.15) is 0 Å².